The zero-order valence-electron chi connectivity index (χ0n) is 8.60. The fraction of sp³-hybridized carbons (Fsp3) is 0.417. The van der Waals surface area contributed by atoms with E-state index in [-0.39, 0.29) is 6.10 Å². The molecule has 1 aromatic rings. The summed E-state index contributed by atoms with van der Waals surface area (Å²) >= 11 is 0. The molecule has 0 radical (unpaired) electrons. The number of hydrogen-bond donors (Lipinski definition) is 0. The average Bonchev–Trinajstić information content (AvgIpc) is 2.68. The van der Waals surface area contributed by atoms with Crippen molar-refractivity contribution in [3.8, 4) is 0 Å². The standard InChI is InChI=1S/C12H15NO/c1-9(2)12-8-11(13-14-12)10-6-4-3-5-7-10/h3-7,9,12H,8H2,1-2H3. The molecule has 0 fully saturated rings. The van der Waals surface area contributed by atoms with Gasteiger partial charge in [0.1, 0.15) is 6.10 Å². The maximum Gasteiger partial charge on any atom is 0.135 e. The van der Waals surface area contributed by atoms with Crippen LogP contribution in [0.5, 0.6) is 0 Å². The van der Waals surface area contributed by atoms with Crippen molar-refractivity contribution in [3.63, 3.8) is 0 Å². The van der Waals surface area contributed by atoms with Crippen LogP contribution in [0.25, 0.3) is 0 Å². The van der Waals surface area contributed by atoms with Crippen LogP contribution in [0, 0.1) is 5.92 Å². The molecule has 2 rings (SSSR count). The van der Waals surface area contributed by atoms with Gasteiger partial charge in [0.15, 0.2) is 0 Å². The minimum atomic E-state index is 0.255. The molecule has 1 aliphatic heterocycles. The van der Waals surface area contributed by atoms with Crippen molar-refractivity contribution in [2.24, 2.45) is 11.1 Å². The molecule has 0 bridgehead atoms. The number of oxime groups is 1. The Kier molecular flexibility index (Phi) is 2.53. The molecule has 2 nitrogen and oxygen atoms in total. The van der Waals surface area contributed by atoms with Gasteiger partial charge in [-0.25, -0.2) is 0 Å². The molecule has 0 N–H and O–H groups in total. The van der Waals surface area contributed by atoms with Gasteiger partial charge in [-0.05, 0) is 11.5 Å². The molecule has 1 aliphatic rings. The van der Waals surface area contributed by atoms with Crippen LogP contribution in [0.3, 0.4) is 0 Å². The van der Waals surface area contributed by atoms with Crippen LogP contribution < -0.4 is 0 Å². The van der Waals surface area contributed by atoms with E-state index in [9.17, 15) is 0 Å². The third-order valence-electron chi connectivity index (χ3n) is 2.54. The van der Waals surface area contributed by atoms with Crippen LogP contribution >= 0.6 is 0 Å². The molecular weight excluding hydrogens is 174 g/mol. The molecule has 1 atom stereocenters. The number of benzene rings is 1. The van der Waals surface area contributed by atoms with Gasteiger partial charge < -0.3 is 4.84 Å². The van der Waals surface area contributed by atoms with E-state index in [1.54, 1.807) is 0 Å². The highest BCUT2D eigenvalue weighted by Crippen LogP contribution is 2.21. The van der Waals surface area contributed by atoms with E-state index in [4.69, 9.17) is 4.84 Å². The minimum absolute atomic E-state index is 0.255. The van der Waals surface area contributed by atoms with Crippen molar-refractivity contribution in [1.29, 1.82) is 0 Å². The first-order valence-corrected chi connectivity index (χ1v) is 5.05. The number of rotatable bonds is 2. The van der Waals surface area contributed by atoms with Gasteiger partial charge in [-0.1, -0.05) is 49.3 Å². The van der Waals surface area contributed by atoms with Gasteiger partial charge in [-0.2, -0.15) is 0 Å². The predicted octanol–water partition coefficient (Wildman–Crippen LogP) is 2.84. The lowest BCUT2D eigenvalue weighted by atomic mass is 9.99. The van der Waals surface area contributed by atoms with Crippen molar-refractivity contribution < 1.29 is 4.84 Å². The molecular formula is C12H15NO. The van der Waals surface area contributed by atoms with Crippen LogP contribution in [-0.4, -0.2) is 11.8 Å². The van der Waals surface area contributed by atoms with Gasteiger partial charge >= 0.3 is 0 Å². The molecule has 74 valence electrons. The molecule has 1 aromatic carbocycles. The molecule has 0 saturated heterocycles. The van der Waals surface area contributed by atoms with E-state index in [1.807, 2.05) is 18.2 Å². The molecule has 0 aromatic heterocycles. The maximum atomic E-state index is 5.37. The molecule has 1 unspecified atom stereocenters. The van der Waals surface area contributed by atoms with E-state index in [2.05, 4.69) is 31.1 Å². The van der Waals surface area contributed by atoms with E-state index < -0.39 is 0 Å². The molecule has 0 amide bonds. The van der Waals surface area contributed by atoms with Crippen LogP contribution in [0.4, 0.5) is 0 Å². The average molecular weight is 189 g/mol. The summed E-state index contributed by atoms with van der Waals surface area (Å²) in [7, 11) is 0. The zero-order chi connectivity index (χ0) is 9.97. The molecule has 0 aliphatic carbocycles. The van der Waals surface area contributed by atoms with E-state index in [0.29, 0.717) is 5.92 Å². The topological polar surface area (TPSA) is 21.6 Å². The van der Waals surface area contributed by atoms with Gasteiger partial charge in [-0.15, -0.1) is 0 Å². The highest BCUT2D eigenvalue weighted by atomic mass is 16.6. The molecule has 2 heteroatoms. The Morgan fingerprint density at radius 1 is 1.29 bits per heavy atom. The van der Waals surface area contributed by atoms with Gasteiger partial charge in [0.25, 0.3) is 0 Å². The summed E-state index contributed by atoms with van der Waals surface area (Å²) in [6.07, 6.45) is 1.19. The van der Waals surface area contributed by atoms with Gasteiger partial charge in [-0.3, -0.25) is 0 Å². The van der Waals surface area contributed by atoms with Gasteiger partial charge in [0.05, 0.1) is 5.71 Å². The summed E-state index contributed by atoms with van der Waals surface area (Å²) in [5, 5.41) is 4.13. The maximum absolute atomic E-state index is 5.37. The quantitative estimate of drug-likeness (QED) is 0.701. The van der Waals surface area contributed by atoms with Crippen molar-refractivity contribution in [2.75, 3.05) is 0 Å². The lowest BCUT2D eigenvalue weighted by molar-refractivity contribution is 0.0521. The third-order valence-corrected chi connectivity index (χ3v) is 2.54. The van der Waals surface area contributed by atoms with Crippen molar-refractivity contribution in [1.82, 2.24) is 0 Å². The Balaban J connectivity index is 2.09. The van der Waals surface area contributed by atoms with Crippen LogP contribution in [0.1, 0.15) is 25.8 Å². The van der Waals surface area contributed by atoms with E-state index >= 15 is 0 Å². The van der Waals surface area contributed by atoms with Crippen LogP contribution in [0.15, 0.2) is 35.5 Å². The largest absolute Gasteiger partial charge is 0.392 e. The summed E-state index contributed by atoms with van der Waals surface area (Å²) < 4.78 is 0. The SMILES string of the molecule is CC(C)C1CC(c2ccccc2)=NO1. The highest BCUT2D eigenvalue weighted by molar-refractivity contribution is 6.01. The molecule has 14 heavy (non-hydrogen) atoms. The Morgan fingerprint density at radius 3 is 2.57 bits per heavy atom. The van der Waals surface area contributed by atoms with Gasteiger partial charge in [0, 0.05) is 6.42 Å². The Morgan fingerprint density at radius 2 is 2.00 bits per heavy atom. The molecule has 1 heterocycles. The first-order valence-electron chi connectivity index (χ1n) is 5.05. The minimum Gasteiger partial charge on any atom is -0.392 e. The third kappa shape index (κ3) is 1.79. The fourth-order valence-corrected chi connectivity index (χ4v) is 1.55. The van der Waals surface area contributed by atoms with Crippen molar-refractivity contribution in [3.05, 3.63) is 35.9 Å². The van der Waals surface area contributed by atoms with E-state index in [0.717, 1.165) is 12.1 Å². The normalized spacial score (nSPS) is 20.8. The highest BCUT2D eigenvalue weighted by Gasteiger charge is 2.24. The monoisotopic (exact) mass is 189 g/mol. The Hall–Kier alpha value is -1.31. The summed E-state index contributed by atoms with van der Waals surface area (Å²) in [6.45, 7) is 4.32. The van der Waals surface area contributed by atoms with Gasteiger partial charge in [0.2, 0.25) is 0 Å². The second kappa shape index (κ2) is 3.82. The number of nitrogens with zero attached hydrogens (tertiary/aromatic N) is 1. The zero-order valence-corrected chi connectivity index (χ0v) is 8.60. The second-order valence-corrected chi connectivity index (χ2v) is 4.00. The summed E-state index contributed by atoms with van der Waals surface area (Å²) in [5.74, 6) is 0.528. The second-order valence-electron chi connectivity index (χ2n) is 4.00. The lowest BCUT2D eigenvalue weighted by Crippen LogP contribution is -2.15. The molecule has 0 spiro atoms. The summed E-state index contributed by atoms with van der Waals surface area (Å²) in [5.41, 5.74) is 2.25. The Bertz CT molecular complexity index is 329. The lowest BCUT2D eigenvalue weighted by Gasteiger charge is -2.10. The van der Waals surface area contributed by atoms with Crippen LogP contribution in [0.2, 0.25) is 0 Å². The molecule has 0 saturated carbocycles. The smallest absolute Gasteiger partial charge is 0.135 e. The van der Waals surface area contributed by atoms with Crippen LogP contribution in [-0.2, 0) is 4.84 Å². The summed E-state index contributed by atoms with van der Waals surface area (Å²) in [4.78, 5) is 5.37. The Labute approximate surface area is 84.6 Å². The first-order chi connectivity index (χ1) is 6.77. The fourth-order valence-electron chi connectivity index (χ4n) is 1.55. The van der Waals surface area contributed by atoms with E-state index in [1.165, 1.54) is 5.56 Å². The van der Waals surface area contributed by atoms with Crippen molar-refractivity contribution >= 4 is 5.71 Å². The first kappa shape index (κ1) is 9.25. The number of hydrogen-bond acceptors (Lipinski definition) is 2. The summed E-state index contributed by atoms with van der Waals surface area (Å²) in [6, 6.07) is 10.2. The predicted molar refractivity (Wildman–Crippen MR) is 57.3 cm³/mol. The van der Waals surface area contributed by atoms with Crippen molar-refractivity contribution in [2.45, 2.75) is 26.4 Å².